The van der Waals surface area contributed by atoms with E-state index < -0.39 is 17.2 Å². The molecule has 1 heterocycles. The molecule has 0 aliphatic heterocycles. The lowest BCUT2D eigenvalue weighted by Gasteiger charge is -2.21. The summed E-state index contributed by atoms with van der Waals surface area (Å²) in [7, 11) is 1.60. The van der Waals surface area contributed by atoms with Crippen LogP contribution >= 0.6 is 11.3 Å². The molecule has 1 saturated carbocycles. The number of halogens is 3. The third kappa shape index (κ3) is 2.47. The molecular weight excluding hydrogens is 315 g/mol. The fourth-order valence-electron chi connectivity index (χ4n) is 2.45. The Labute approximate surface area is 128 Å². The van der Waals surface area contributed by atoms with Crippen molar-refractivity contribution in [2.45, 2.75) is 24.4 Å². The molecule has 116 valence electrons. The van der Waals surface area contributed by atoms with Crippen LogP contribution in [-0.2, 0) is 16.4 Å². The van der Waals surface area contributed by atoms with E-state index in [9.17, 15) is 18.0 Å². The molecule has 1 aliphatic carbocycles. The maximum atomic E-state index is 12.7. The molecule has 0 spiro atoms. The van der Waals surface area contributed by atoms with Gasteiger partial charge in [-0.1, -0.05) is 23.5 Å². The number of likely N-dealkylation sites (N-methyl/N-ethyl adjacent to an activating group) is 1. The number of benzene rings is 1. The highest BCUT2D eigenvalue weighted by atomic mass is 32.1. The standard InChI is InChI=1S/C14H12F3N3OS/c1-20(12-19-18-8-22-12)11(21)13(6-7-13)9-2-4-10(5-3-9)14(15,16)17/h2-5,8H,6-7H2,1H3. The van der Waals surface area contributed by atoms with Crippen molar-refractivity contribution in [2.24, 2.45) is 0 Å². The minimum atomic E-state index is -4.37. The predicted molar refractivity (Wildman–Crippen MR) is 75.7 cm³/mol. The number of hydrogen-bond donors (Lipinski definition) is 0. The van der Waals surface area contributed by atoms with Crippen molar-refractivity contribution in [3.05, 3.63) is 40.9 Å². The third-order valence-corrected chi connectivity index (χ3v) is 4.63. The fraction of sp³-hybridized carbons (Fsp3) is 0.357. The van der Waals surface area contributed by atoms with Crippen molar-refractivity contribution in [2.75, 3.05) is 11.9 Å². The second kappa shape index (κ2) is 5.05. The molecule has 1 amide bonds. The summed E-state index contributed by atoms with van der Waals surface area (Å²) in [6.07, 6.45) is -3.12. The van der Waals surface area contributed by atoms with Crippen molar-refractivity contribution < 1.29 is 18.0 Å². The molecule has 2 aromatic rings. The van der Waals surface area contributed by atoms with Crippen LogP contribution in [-0.4, -0.2) is 23.2 Å². The lowest BCUT2D eigenvalue weighted by Crippen LogP contribution is -2.36. The second-order valence-electron chi connectivity index (χ2n) is 5.24. The molecule has 0 unspecified atom stereocenters. The quantitative estimate of drug-likeness (QED) is 0.869. The van der Waals surface area contributed by atoms with Crippen LogP contribution in [0, 0.1) is 0 Å². The average molecular weight is 327 g/mol. The lowest BCUT2D eigenvalue weighted by atomic mass is 9.93. The number of carbonyl (C=O) groups excluding carboxylic acids is 1. The van der Waals surface area contributed by atoms with Gasteiger partial charge in [0.1, 0.15) is 5.51 Å². The average Bonchev–Trinajstić information content (AvgIpc) is 3.12. The van der Waals surface area contributed by atoms with E-state index in [1.54, 1.807) is 7.05 Å². The summed E-state index contributed by atoms with van der Waals surface area (Å²) >= 11 is 1.24. The van der Waals surface area contributed by atoms with Crippen molar-refractivity contribution >= 4 is 22.4 Å². The second-order valence-corrected chi connectivity index (χ2v) is 6.05. The highest BCUT2D eigenvalue weighted by Gasteiger charge is 2.53. The first-order chi connectivity index (χ1) is 10.3. The number of aromatic nitrogens is 2. The highest BCUT2D eigenvalue weighted by Crippen LogP contribution is 2.50. The zero-order valence-electron chi connectivity index (χ0n) is 11.6. The molecule has 4 nitrogen and oxygen atoms in total. The molecule has 0 radical (unpaired) electrons. The molecule has 1 aliphatic rings. The Bertz CT molecular complexity index is 678. The van der Waals surface area contributed by atoms with E-state index >= 15 is 0 Å². The molecule has 1 aromatic carbocycles. The summed E-state index contributed by atoms with van der Waals surface area (Å²) in [5.74, 6) is -0.163. The number of anilines is 1. The summed E-state index contributed by atoms with van der Waals surface area (Å²) in [5, 5.41) is 8.01. The van der Waals surface area contributed by atoms with Crippen molar-refractivity contribution in [3.8, 4) is 0 Å². The minimum Gasteiger partial charge on any atom is -0.289 e. The Morgan fingerprint density at radius 3 is 2.36 bits per heavy atom. The van der Waals surface area contributed by atoms with Crippen LogP contribution in [0.5, 0.6) is 0 Å². The Balaban J connectivity index is 1.86. The van der Waals surface area contributed by atoms with Crippen molar-refractivity contribution in [1.29, 1.82) is 0 Å². The molecule has 8 heteroatoms. The first-order valence-electron chi connectivity index (χ1n) is 6.57. The van der Waals surface area contributed by atoms with Gasteiger partial charge < -0.3 is 0 Å². The number of nitrogens with zero attached hydrogens (tertiary/aromatic N) is 3. The zero-order valence-corrected chi connectivity index (χ0v) is 12.4. The maximum absolute atomic E-state index is 12.7. The number of alkyl halides is 3. The molecule has 0 saturated heterocycles. The van der Waals surface area contributed by atoms with E-state index in [0.717, 1.165) is 12.1 Å². The lowest BCUT2D eigenvalue weighted by molar-refractivity contribution is -0.137. The van der Waals surface area contributed by atoms with Crippen LogP contribution in [0.25, 0.3) is 0 Å². The van der Waals surface area contributed by atoms with E-state index in [1.165, 1.54) is 33.9 Å². The van der Waals surface area contributed by atoms with Crippen LogP contribution < -0.4 is 4.90 Å². The summed E-state index contributed by atoms with van der Waals surface area (Å²) in [5.41, 5.74) is 0.695. The molecule has 1 fully saturated rings. The molecule has 3 rings (SSSR count). The topological polar surface area (TPSA) is 46.1 Å². The van der Waals surface area contributed by atoms with Gasteiger partial charge in [-0.05, 0) is 30.5 Å². The van der Waals surface area contributed by atoms with E-state index in [-0.39, 0.29) is 5.91 Å². The Hall–Kier alpha value is -1.96. The maximum Gasteiger partial charge on any atom is 0.416 e. The Morgan fingerprint density at radius 2 is 1.91 bits per heavy atom. The van der Waals surface area contributed by atoms with Crippen LogP contribution in [0.15, 0.2) is 29.8 Å². The van der Waals surface area contributed by atoms with Gasteiger partial charge in [-0.2, -0.15) is 13.2 Å². The van der Waals surface area contributed by atoms with E-state index in [2.05, 4.69) is 10.2 Å². The molecule has 0 bridgehead atoms. The van der Waals surface area contributed by atoms with Gasteiger partial charge in [-0.25, -0.2) is 0 Å². The summed E-state index contributed by atoms with van der Waals surface area (Å²) in [6, 6.07) is 4.82. The molecule has 0 N–H and O–H groups in total. The SMILES string of the molecule is CN(C(=O)C1(c2ccc(C(F)(F)F)cc2)CC1)c1nncs1. The van der Waals surface area contributed by atoms with Crippen LogP contribution in [0.4, 0.5) is 18.3 Å². The molecule has 22 heavy (non-hydrogen) atoms. The van der Waals surface area contributed by atoms with Gasteiger partial charge in [0.05, 0.1) is 11.0 Å². The van der Waals surface area contributed by atoms with E-state index in [1.807, 2.05) is 0 Å². The molecular formula is C14H12F3N3OS. The van der Waals surface area contributed by atoms with E-state index in [4.69, 9.17) is 0 Å². The third-order valence-electron chi connectivity index (χ3n) is 3.86. The van der Waals surface area contributed by atoms with E-state index in [0.29, 0.717) is 23.5 Å². The molecule has 0 atom stereocenters. The van der Waals surface area contributed by atoms with Gasteiger partial charge in [0.15, 0.2) is 0 Å². The molecule has 1 aromatic heterocycles. The first-order valence-corrected chi connectivity index (χ1v) is 7.45. The van der Waals surface area contributed by atoms with Gasteiger partial charge in [0, 0.05) is 7.05 Å². The summed E-state index contributed by atoms with van der Waals surface area (Å²) in [4.78, 5) is 14.1. The number of carbonyl (C=O) groups is 1. The number of rotatable bonds is 3. The number of hydrogen-bond acceptors (Lipinski definition) is 4. The Morgan fingerprint density at radius 1 is 1.27 bits per heavy atom. The monoisotopic (exact) mass is 327 g/mol. The smallest absolute Gasteiger partial charge is 0.289 e. The summed E-state index contributed by atoms with van der Waals surface area (Å²) < 4.78 is 37.8. The van der Waals surface area contributed by atoms with Crippen LogP contribution in [0.1, 0.15) is 24.0 Å². The van der Waals surface area contributed by atoms with Crippen molar-refractivity contribution in [1.82, 2.24) is 10.2 Å². The first kappa shape index (κ1) is 15.0. The van der Waals surface area contributed by atoms with Crippen LogP contribution in [0.3, 0.4) is 0 Å². The normalized spacial score (nSPS) is 16.4. The zero-order chi connectivity index (χ0) is 16.0. The van der Waals surface area contributed by atoms with Gasteiger partial charge in [0.2, 0.25) is 11.0 Å². The van der Waals surface area contributed by atoms with Gasteiger partial charge in [0.25, 0.3) is 0 Å². The predicted octanol–water partition coefficient (Wildman–Crippen LogP) is 3.25. The minimum absolute atomic E-state index is 0.163. The summed E-state index contributed by atoms with van der Waals surface area (Å²) in [6.45, 7) is 0. The van der Waals surface area contributed by atoms with Crippen molar-refractivity contribution in [3.63, 3.8) is 0 Å². The van der Waals surface area contributed by atoms with Gasteiger partial charge in [-0.3, -0.25) is 9.69 Å². The van der Waals surface area contributed by atoms with Gasteiger partial charge in [-0.15, -0.1) is 10.2 Å². The fourth-order valence-corrected chi connectivity index (χ4v) is 2.97. The Kier molecular flexibility index (Phi) is 3.43. The van der Waals surface area contributed by atoms with Gasteiger partial charge >= 0.3 is 6.18 Å². The number of amides is 1. The largest absolute Gasteiger partial charge is 0.416 e. The highest BCUT2D eigenvalue weighted by molar-refractivity contribution is 7.13. The van der Waals surface area contributed by atoms with Crippen LogP contribution in [0.2, 0.25) is 0 Å².